The molecule has 25 heavy (non-hydrogen) atoms. The summed E-state index contributed by atoms with van der Waals surface area (Å²) in [5.74, 6) is 0.354. The maximum atomic E-state index is 12.9. The van der Waals surface area contributed by atoms with E-state index in [0.29, 0.717) is 29.3 Å². The van der Waals surface area contributed by atoms with Crippen molar-refractivity contribution in [3.05, 3.63) is 60.2 Å². The summed E-state index contributed by atoms with van der Waals surface area (Å²) >= 11 is 0. The van der Waals surface area contributed by atoms with Crippen LogP contribution in [0.5, 0.6) is 0 Å². The number of benzene rings is 2. The van der Waals surface area contributed by atoms with E-state index < -0.39 is 15.8 Å². The van der Waals surface area contributed by atoms with Crippen LogP contribution in [0.15, 0.2) is 63.9 Å². The van der Waals surface area contributed by atoms with E-state index in [4.69, 9.17) is 10.5 Å². The monoisotopic (exact) mass is 361 g/mol. The summed E-state index contributed by atoms with van der Waals surface area (Å²) in [6, 6.07) is 16.3. The normalized spacial score (nSPS) is 12.8. The number of carbonyl (C=O) groups is 1. The smallest absolute Gasteiger partial charge is 0.407 e. The lowest BCUT2D eigenvalue weighted by atomic mass is 10.2. The molecule has 0 aliphatic rings. The lowest BCUT2D eigenvalue weighted by Gasteiger charge is -2.11. The molecule has 6 nitrogen and oxygen atoms in total. The first-order valence-corrected chi connectivity index (χ1v) is 9.65. The zero-order valence-electron chi connectivity index (χ0n) is 14.2. The van der Waals surface area contributed by atoms with E-state index >= 15 is 0 Å². The third-order valence-corrected chi connectivity index (χ3v) is 6.06. The molecule has 0 spiro atoms. The molecule has 7 heteroatoms. The minimum Gasteiger partial charge on any atom is -0.445 e. The number of hydrogen-bond acceptors (Lipinski definition) is 5. The molecule has 2 rings (SSSR count). The van der Waals surface area contributed by atoms with E-state index in [2.05, 4.69) is 9.68 Å². The maximum Gasteiger partial charge on any atom is 0.407 e. The van der Waals surface area contributed by atoms with Crippen molar-refractivity contribution >= 4 is 21.5 Å². The Kier molecular flexibility index (Phi) is 6.82. The molecule has 2 aromatic carbocycles. The molecule has 1 unspecified atom stereocenters. The first kappa shape index (κ1) is 18.8. The number of amides is 1. The Morgan fingerprint density at radius 2 is 1.84 bits per heavy atom. The van der Waals surface area contributed by atoms with Crippen LogP contribution in [0, 0.1) is 0 Å². The average Bonchev–Trinajstić information content (AvgIpc) is 2.64. The van der Waals surface area contributed by atoms with Crippen LogP contribution in [0.4, 0.5) is 10.5 Å². The van der Waals surface area contributed by atoms with Gasteiger partial charge in [0.15, 0.2) is 0 Å². The minimum atomic E-state index is -2.50. The summed E-state index contributed by atoms with van der Waals surface area (Å²) in [5, 5.41) is 2.66. The predicted molar refractivity (Wildman–Crippen MR) is 99.7 cm³/mol. The van der Waals surface area contributed by atoms with Crippen LogP contribution in [-0.2, 0) is 21.1 Å². The molecule has 1 atom stereocenters. The Balaban J connectivity index is 1.76. The average molecular weight is 361 g/mol. The van der Waals surface area contributed by atoms with E-state index in [1.165, 1.54) is 0 Å². The zero-order valence-corrected chi connectivity index (χ0v) is 15.0. The summed E-state index contributed by atoms with van der Waals surface area (Å²) in [5.41, 5.74) is 7.19. The molecule has 0 fully saturated rings. The molecule has 0 aromatic heterocycles. The van der Waals surface area contributed by atoms with Gasteiger partial charge < -0.3 is 15.8 Å². The fourth-order valence-corrected chi connectivity index (χ4v) is 3.95. The van der Waals surface area contributed by atoms with Gasteiger partial charge in [0.25, 0.3) is 0 Å². The van der Waals surface area contributed by atoms with Crippen molar-refractivity contribution in [2.24, 2.45) is 4.36 Å². The van der Waals surface area contributed by atoms with Gasteiger partial charge in [-0.1, -0.05) is 30.3 Å². The predicted octanol–water partition coefficient (Wildman–Crippen LogP) is 3.04. The van der Waals surface area contributed by atoms with Gasteiger partial charge in [-0.25, -0.2) is 13.4 Å². The van der Waals surface area contributed by atoms with E-state index in [-0.39, 0.29) is 6.61 Å². The number of nitrogen functional groups attached to an aromatic ring is 1. The lowest BCUT2D eigenvalue weighted by molar-refractivity contribution is 0.139. The Labute approximate surface area is 148 Å². The van der Waals surface area contributed by atoms with Crippen molar-refractivity contribution < 1.29 is 13.7 Å². The van der Waals surface area contributed by atoms with Crippen LogP contribution in [0.3, 0.4) is 0 Å². The first-order valence-electron chi connectivity index (χ1n) is 7.96. The number of nitrogens with one attached hydrogen (secondary N) is 1. The van der Waals surface area contributed by atoms with Gasteiger partial charge in [-0.15, -0.1) is 0 Å². The number of carbonyl (C=O) groups excluding carboxylic acids is 1. The van der Waals surface area contributed by atoms with Crippen molar-refractivity contribution in [2.75, 3.05) is 25.1 Å². The lowest BCUT2D eigenvalue weighted by Crippen LogP contribution is -2.26. The number of nitrogens with two attached hydrogens (primary N) is 1. The highest BCUT2D eigenvalue weighted by Gasteiger charge is 2.12. The summed E-state index contributed by atoms with van der Waals surface area (Å²) in [7, 11) is -0.956. The van der Waals surface area contributed by atoms with Crippen LogP contribution < -0.4 is 11.1 Å². The number of anilines is 1. The molecule has 0 aliphatic heterocycles. The topological polar surface area (TPSA) is 93.8 Å². The largest absolute Gasteiger partial charge is 0.445 e. The van der Waals surface area contributed by atoms with Gasteiger partial charge in [0.05, 0.1) is 9.73 Å². The first-order chi connectivity index (χ1) is 12.0. The van der Waals surface area contributed by atoms with Gasteiger partial charge in [0, 0.05) is 29.9 Å². The van der Waals surface area contributed by atoms with Gasteiger partial charge in [0.1, 0.15) is 6.61 Å². The van der Waals surface area contributed by atoms with Gasteiger partial charge in [-0.2, -0.15) is 0 Å². The zero-order chi connectivity index (χ0) is 18.1. The van der Waals surface area contributed by atoms with Gasteiger partial charge >= 0.3 is 6.09 Å². The van der Waals surface area contributed by atoms with Crippen molar-refractivity contribution in [1.29, 1.82) is 0 Å². The third-order valence-electron chi connectivity index (χ3n) is 3.62. The minimum absolute atomic E-state index is 0.221. The molecule has 0 heterocycles. The quantitative estimate of drug-likeness (QED) is 0.585. The van der Waals surface area contributed by atoms with Crippen molar-refractivity contribution in [2.45, 2.75) is 17.9 Å². The Morgan fingerprint density at radius 3 is 2.48 bits per heavy atom. The van der Waals surface area contributed by atoms with Crippen LogP contribution in [0.2, 0.25) is 0 Å². The summed E-state index contributed by atoms with van der Waals surface area (Å²) in [6.45, 7) is 0.592. The molecule has 1 amide bonds. The number of nitrogens with zero attached hydrogens (tertiary/aromatic N) is 1. The number of hydrogen-bond donors (Lipinski definition) is 2. The molecule has 3 N–H and O–H groups in total. The molecule has 0 aliphatic carbocycles. The second-order valence-corrected chi connectivity index (χ2v) is 7.96. The van der Waals surface area contributed by atoms with Gasteiger partial charge in [-0.05, 0) is 36.2 Å². The molecule has 134 valence electrons. The molecule has 0 bridgehead atoms. The molecular formula is C18H23N3O3S. The summed E-state index contributed by atoms with van der Waals surface area (Å²) < 4.78 is 22.1. The van der Waals surface area contributed by atoms with Gasteiger partial charge in [-0.3, -0.25) is 0 Å². The summed E-state index contributed by atoms with van der Waals surface area (Å²) in [4.78, 5) is 12.3. The molecule has 2 aromatic rings. The number of ether oxygens (including phenoxy) is 1. The standard InChI is InChI=1S/C18H23N3O3S/c1-20-25(23,17-10-8-16(19)9-11-17)13-5-12-21-18(22)24-14-15-6-3-2-4-7-15/h2-4,6-11H,5,12-14,19H2,1H3,(H,21,22). The van der Waals surface area contributed by atoms with Crippen molar-refractivity contribution in [1.82, 2.24) is 5.32 Å². The highest BCUT2D eigenvalue weighted by atomic mass is 32.2. The van der Waals surface area contributed by atoms with E-state index in [0.717, 1.165) is 5.56 Å². The Morgan fingerprint density at radius 1 is 1.16 bits per heavy atom. The van der Waals surface area contributed by atoms with Crippen LogP contribution in [-0.4, -0.2) is 29.6 Å². The summed E-state index contributed by atoms with van der Waals surface area (Å²) in [6.07, 6.45) is 0.0392. The second kappa shape index (κ2) is 9.08. The van der Waals surface area contributed by atoms with Crippen LogP contribution >= 0.6 is 0 Å². The molecule has 0 radical (unpaired) electrons. The highest BCUT2D eigenvalue weighted by Crippen LogP contribution is 2.16. The Bertz CT molecular complexity index is 798. The molecule has 0 saturated heterocycles. The van der Waals surface area contributed by atoms with Crippen LogP contribution in [0.1, 0.15) is 12.0 Å². The SMILES string of the molecule is CN=S(=O)(CCCNC(=O)OCc1ccccc1)c1ccc(N)cc1. The highest BCUT2D eigenvalue weighted by molar-refractivity contribution is 7.93. The maximum absolute atomic E-state index is 12.9. The van der Waals surface area contributed by atoms with Crippen molar-refractivity contribution in [3.63, 3.8) is 0 Å². The van der Waals surface area contributed by atoms with Gasteiger partial charge in [0.2, 0.25) is 0 Å². The Hall–Kier alpha value is -2.54. The fourth-order valence-electron chi connectivity index (χ4n) is 2.23. The molecular weight excluding hydrogens is 338 g/mol. The number of rotatable bonds is 7. The number of alkyl carbamates (subject to hydrolysis) is 1. The third kappa shape index (κ3) is 5.79. The molecule has 0 saturated carbocycles. The fraction of sp³-hybridized carbons (Fsp3) is 0.278. The van der Waals surface area contributed by atoms with Crippen LogP contribution in [0.25, 0.3) is 0 Å². The van der Waals surface area contributed by atoms with E-state index in [1.807, 2.05) is 30.3 Å². The second-order valence-electron chi connectivity index (χ2n) is 5.44. The van der Waals surface area contributed by atoms with E-state index in [9.17, 15) is 9.00 Å². The van der Waals surface area contributed by atoms with E-state index in [1.54, 1.807) is 31.3 Å². The van der Waals surface area contributed by atoms with Crippen molar-refractivity contribution in [3.8, 4) is 0 Å².